The molecule has 0 aromatic heterocycles. The van der Waals surface area contributed by atoms with Crippen molar-refractivity contribution in [3.8, 4) is 0 Å². The molecule has 0 bridgehead atoms. The van der Waals surface area contributed by atoms with Gasteiger partial charge in [0.25, 0.3) is 0 Å². The summed E-state index contributed by atoms with van der Waals surface area (Å²) in [4.78, 5) is 0. The molecule has 0 saturated heterocycles. The average Bonchev–Trinajstić information content (AvgIpc) is 2.37. The number of hydrogen-bond acceptors (Lipinski definition) is 2. The molecule has 0 aliphatic carbocycles. The second-order valence-electron chi connectivity index (χ2n) is 6.35. The van der Waals surface area contributed by atoms with E-state index in [1.807, 2.05) is 6.92 Å². The summed E-state index contributed by atoms with van der Waals surface area (Å²) in [5.41, 5.74) is 0.952. The molecule has 0 fully saturated rings. The van der Waals surface area contributed by atoms with Crippen molar-refractivity contribution in [1.29, 1.82) is 0 Å². The lowest BCUT2D eigenvalue weighted by Gasteiger charge is -2.37. The monoisotopic (exact) mass is 315 g/mol. The number of ether oxygens (including phenoxy) is 1. The molecule has 1 aromatic carbocycles. The first-order valence-electron chi connectivity index (χ1n) is 7.58. The number of nitrogens with one attached hydrogen (secondary N) is 1. The van der Waals surface area contributed by atoms with E-state index < -0.39 is 0 Å². The van der Waals surface area contributed by atoms with Crippen molar-refractivity contribution in [3.63, 3.8) is 0 Å². The van der Waals surface area contributed by atoms with Gasteiger partial charge in [0, 0.05) is 17.7 Å². The fourth-order valence-electron chi connectivity index (χ4n) is 2.62. The fraction of sp³-hybridized carbons (Fsp3) is 0.647. The van der Waals surface area contributed by atoms with Gasteiger partial charge in [-0.3, -0.25) is 0 Å². The Morgan fingerprint density at radius 3 is 2.43 bits per heavy atom. The molecule has 1 aromatic rings. The number of rotatable bonds is 7. The van der Waals surface area contributed by atoms with Gasteiger partial charge in [0.15, 0.2) is 0 Å². The predicted octanol–water partition coefficient (Wildman–Crippen LogP) is 4.45. The minimum absolute atomic E-state index is 0.00928. The van der Waals surface area contributed by atoms with Gasteiger partial charge in [0.1, 0.15) is 5.82 Å². The quantitative estimate of drug-likeness (QED) is 0.802. The number of halogens is 2. The van der Waals surface area contributed by atoms with Crippen LogP contribution in [0.5, 0.6) is 0 Å². The molecule has 0 heterocycles. The van der Waals surface area contributed by atoms with E-state index in [9.17, 15) is 4.39 Å². The first kappa shape index (κ1) is 18.4. The number of benzene rings is 1. The van der Waals surface area contributed by atoms with Crippen molar-refractivity contribution in [2.24, 2.45) is 5.41 Å². The van der Waals surface area contributed by atoms with Crippen LogP contribution in [-0.4, -0.2) is 25.3 Å². The molecule has 0 aliphatic rings. The third-order valence-corrected chi connectivity index (χ3v) is 3.84. The summed E-state index contributed by atoms with van der Waals surface area (Å²) in [7, 11) is 0. The van der Waals surface area contributed by atoms with E-state index in [4.69, 9.17) is 16.3 Å². The summed E-state index contributed by atoms with van der Waals surface area (Å²) >= 11 is 6.16. The Morgan fingerprint density at radius 1 is 1.29 bits per heavy atom. The van der Waals surface area contributed by atoms with E-state index in [1.54, 1.807) is 6.07 Å². The van der Waals surface area contributed by atoms with Gasteiger partial charge < -0.3 is 10.1 Å². The van der Waals surface area contributed by atoms with E-state index in [0.29, 0.717) is 11.6 Å². The van der Waals surface area contributed by atoms with Gasteiger partial charge in [0.05, 0.1) is 6.10 Å². The van der Waals surface area contributed by atoms with Crippen LogP contribution in [0.1, 0.15) is 40.2 Å². The van der Waals surface area contributed by atoms with Crippen LogP contribution in [-0.2, 0) is 11.2 Å². The minimum Gasteiger partial charge on any atom is -0.376 e. The van der Waals surface area contributed by atoms with E-state index in [1.165, 1.54) is 12.1 Å². The van der Waals surface area contributed by atoms with Crippen LogP contribution < -0.4 is 5.32 Å². The van der Waals surface area contributed by atoms with E-state index in [0.717, 1.165) is 18.5 Å². The Hall–Kier alpha value is -0.640. The van der Waals surface area contributed by atoms with Crippen molar-refractivity contribution in [2.45, 2.75) is 53.2 Å². The Balaban J connectivity index is 2.98. The Labute approximate surface area is 133 Å². The molecule has 21 heavy (non-hydrogen) atoms. The standard InChI is InChI=1S/C17H27ClFNO/c1-6-20-15(16(21-7-2)17(3,4)5)10-12-8-9-13(19)11-14(12)18/h8-9,11,15-16,20H,6-7,10H2,1-5H3. The molecular formula is C17H27ClFNO. The van der Waals surface area contributed by atoms with Gasteiger partial charge in [-0.15, -0.1) is 0 Å². The smallest absolute Gasteiger partial charge is 0.124 e. The molecule has 0 aliphatic heterocycles. The van der Waals surface area contributed by atoms with Gasteiger partial charge in [-0.2, -0.15) is 0 Å². The first-order chi connectivity index (χ1) is 9.79. The Morgan fingerprint density at radius 2 is 1.95 bits per heavy atom. The highest BCUT2D eigenvalue weighted by Gasteiger charge is 2.32. The second-order valence-corrected chi connectivity index (χ2v) is 6.75. The fourth-order valence-corrected chi connectivity index (χ4v) is 2.87. The van der Waals surface area contributed by atoms with Crippen LogP contribution in [0.2, 0.25) is 5.02 Å². The number of likely N-dealkylation sites (N-methyl/N-ethyl adjacent to an activating group) is 1. The largest absolute Gasteiger partial charge is 0.376 e. The van der Waals surface area contributed by atoms with E-state index in [2.05, 4.69) is 33.0 Å². The summed E-state index contributed by atoms with van der Waals surface area (Å²) in [6, 6.07) is 4.72. The lowest BCUT2D eigenvalue weighted by Crippen LogP contribution is -2.49. The zero-order chi connectivity index (χ0) is 16.0. The average molecular weight is 316 g/mol. The lowest BCUT2D eigenvalue weighted by atomic mass is 9.82. The Bertz CT molecular complexity index is 445. The molecule has 2 nitrogen and oxygen atoms in total. The van der Waals surface area contributed by atoms with Crippen LogP contribution in [0.3, 0.4) is 0 Å². The summed E-state index contributed by atoms with van der Waals surface area (Å²) in [5.74, 6) is -0.305. The van der Waals surface area contributed by atoms with Crippen molar-refractivity contribution in [1.82, 2.24) is 5.32 Å². The van der Waals surface area contributed by atoms with Crippen LogP contribution in [0.4, 0.5) is 4.39 Å². The third-order valence-electron chi connectivity index (χ3n) is 3.49. The molecule has 0 radical (unpaired) electrons. The van der Waals surface area contributed by atoms with Crippen molar-refractivity contribution >= 4 is 11.6 Å². The summed E-state index contributed by atoms with van der Waals surface area (Å²) < 4.78 is 19.2. The molecular weight excluding hydrogens is 289 g/mol. The van der Waals surface area contributed by atoms with Gasteiger partial charge in [-0.1, -0.05) is 45.4 Å². The predicted molar refractivity (Wildman–Crippen MR) is 87.4 cm³/mol. The molecule has 0 spiro atoms. The van der Waals surface area contributed by atoms with Crippen LogP contribution in [0.25, 0.3) is 0 Å². The lowest BCUT2D eigenvalue weighted by molar-refractivity contribution is -0.0352. The molecule has 4 heteroatoms. The van der Waals surface area contributed by atoms with Gasteiger partial charge in [0.2, 0.25) is 0 Å². The van der Waals surface area contributed by atoms with Crippen LogP contribution in [0.15, 0.2) is 18.2 Å². The van der Waals surface area contributed by atoms with Gasteiger partial charge in [-0.25, -0.2) is 4.39 Å². The summed E-state index contributed by atoms with van der Waals surface area (Å²) in [6.45, 7) is 12.1. The second kappa shape index (κ2) is 8.11. The van der Waals surface area contributed by atoms with Crippen molar-refractivity contribution in [3.05, 3.63) is 34.6 Å². The molecule has 0 amide bonds. The van der Waals surface area contributed by atoms with Gasteiger partial charge in [-0.05, 0) is 43.0 Å². The maximum atomic E-state index is 13.2. The SMILES string of the molecule is CCNC(Cc1ccc(F)cc1Cl)C(OCC)C(C)(C)C. The maximum Gasteiger partial charge on any atom is 0.124 e. The normalized spacial score (nSPS) is 15.0. The van der Waals surface area contributed by atoms with Crippen molar-refractivity contribution < 1.29 is 9.13 Å². The molecule has 1 rings (SSSR count). The highest BCUT2D eigenvalue weighted by Crippen LogP contribution is 2.28. The van der Waals surface area contributed by atoms with E-state index >= 15 is 0 Å². The third kappa shape index (κ3) is 5.57. The molecule has 2 unspecified atom stereocenters. The van der Waals surface area contributed by atoms with Crippen LogP contribution >= 0.6 is 11.6 Å². The highest BCUT2D eigenvalue weighted by atomic mass is 35.5. The minimum atomic E-state index is -0.305. The van der Waals surface area contributed by atoms with Crippen LogP contribution in [0, 0.1) is 11.2 Å². The maximum absolute atomic E-state index is 13.2. The zero-order valence-corrected chi connectivity index (χ0v) is 14.4. The highest BCUT2D eigenvalue weighted by molar-refractivity contribution is 6.31. The summed E-state index contributed by atoms with van der Waals surface area (Å²) in [5, 5.41) is 3.96. The molecule has 2 atom stereocenters. The van der Waals surface area contributed by atoms with Crippen molar-refractivity contribution in [2.75, 3.05) is 13.2 Å². The number of hydrogen-bond donors (Lipinski definition) is 1. The zero-order valence-electron chi connectivity index (χ0n) is 13.7. The summed E-state index contributed by atoms with van der Waals surface area (Å²) in [6.07, 6.45) is 0.776. The topological polar surface area (TPSA) is 21.3 Å². The first-order valence-corrected chi connectivity index (χ1v) is 7.96. The van der Waals surface area contributed by atoms with E-state index in [-0.39, 0.29) is 23.4 Å². The van der Waals surface area contributed by atoms with Gasteiger partial charge >= 0.3 is 0 Å². The Kier molecular flexibility index (Phi) is 7.11. The molecule has 0 saturated carbocycles. The molecule has 120 valence electrons. The molecule has 1 N–H and O–H groups in total.